The van der Waals surface area contributed by atoms with Crippen LogP contribution >= 0.6 is 11.3 Å². The van der Waals surface area contributed by atoms with Gasteiger partial charge in [-0.25, -0.2) is 0 Å². The SMILES string of the molecule is [2H]c1ncc(-c2nnc(C(F)F)o2)s1. The summed E-state index contributed by atoms with van der Waals surface area (Å²) in [6, 6.07) is 0. The lowest BCUT2D eigenvalue weighted by Crippen LogP contribution is -1.81. The molecule has 0 bridgehead atoms. The zero-order valence-corrected chi connectivity index (χ0v) is 6.89. The van der Waals surface area contributed by atoms with Gasteiger partial charge in [0.15, 0.2) is 0 Å². The van der Waals surface area contributed by atoms with Gasteiger partial charge in [-0.3, -0.25) is 4.98 Å². The van der Waals surface area contributed by atoms with Crippen LogP contribution in [0.2, 0.25) is 0 Å². The molecule has 0 atom stereocenters. The third kappa shape index (κ3) is 1.55. The van der Waals surface area contributed by atoms with Gasteiger partial charge in [-0.15, -0.1) is 21.5 Å². The Labute approximate surface area is 76.7 Å². The molecule has 0 aliphatic rings. The molecule has 0 saturated heterocycles. The minimum atomic E-state index is -2.78. The number of rotatable bonds is 2. The van der Waals surface area contributed by atoms with Crippen molar-refractivity contribution >= 4 is 11.3 Å². The molecule has 0 unspecified atom stereocenters. The Morgan fingerprint density at radius 3 is 2.92 bits per heavy atom. The lowest BCUT2D eigenvalue weighted by atomic mass is 10.6. The summed E-state index contributed by atoms with van der Waals surface area (Å²) < 4.78 is 35.9. The number of halogens is 2. The Balaban J connectivity index is 2.33. The Morgan fingerprint density at radius 2 is 2.38 bits per heavy atom. The summed E-state index contributed by atoms with van der Waals surface area (Å²) in [5, 5.41) is 6.56. The van der Waals surface area contributed by atoms with Gasteiger partial charge in [0, 0.05) is 0 Å². The summed E-state index contributed by atoms with van der Waals surface area (Å²) in [6.07, 6.45) is -1.45. The van der Waals surface area contributed by atoms with Crippen molar-refractivity contribution in [2.24, 2.45) is 0 Å². The fourth-order valence-electron chi connectivity index (χ4n) is 0.708. The number of aromatic nitrogens is 3. The molecular formula is C6H3F2N3OS. The summed E-state index contributed by atoms with van der Waals surface area (Å²) in [7, 11) is 0. The number of hydrogen-bond donors (Lipinski definition) is 0. The lowest BCUT2D eigenvalue weighted by molar-refractivity contribution is 0.116. The number of hydrogen-bond acceptors (Lipinski definition) is 5. The third-order valence-electron chi connectivity index (χ3n) is 1.23. The van der Waals surface area contributed by atoms with Crippen LogP contribution in [0, 0.1) is 0 Å². The maximum Gasteiger partial charge on any atom is 0.314 e. The van der Waals surface area contributed by atoms with Gasteiger partial charge in [0.05, 0.1) is 13.1 Å². The van der Waals surface area contributed by atoms with Crippen LogP contribution in [-0.2, 0) is 0 Å². The van der Waals surface area contributed by atoms with Gasteiger partial charge in [0.1, 0.15) is 4.88 Å². The van der Waals surface area contributed by atoms with E-state index in [1.807, 2.05) is 0 Å². The van der Waals surface area contributed by atoms with E-state index in [0.29, 0.717) is 4.88 Å². The lowest BCUT2D eigenvalue weighted by Gasteiger charge is -1.86. The van der Waals surface area contributed by atoms with Crippen LogP contribution < -0.4 is 0 Å². The summed E-state index contributed by atoms with van der Waals surface area (Å²) >= 11 is 0.980. The molecule has 0 amide bonds. The largest absolute Gasteiger partial charge is 0.414 e. The predicted octanol–water partition coefficient (Wildman–Crippen LogP) is 2.13. The van der Waals surface area contributed by atoms with Crippen molar-refractivity contribution in [1.29, 1.82) is 0 Å². The highest BCUT2D eigenvalue weighted by atomic mass is 32.1. The standard InChI is InChI=1S/C6H3F2N3OS/c7-4(8)6-11-10-5(12-6)3-1-9-2-13-3/h1-2,4H/i2D. The fourth-order valence-corrected chi connectivity index (χ4v) is 1.19. The van der Waals surface area contributed by atoms with Crippen LogP contribution in [0.1, 0.15) is 13.7 Å². The molecule has 0 saturated carbocycles. The van der Waals surface area contributed by atoms with Crippen LogP contribution in [-0.4, -0.2) is 15.2 Å². The van der Waals surface area contributed by atoms with Crippen LogP contribution in [0.4, 0.5) is 8.78 Å². The molecule has 0 spiro atoms. The van der Waals surface area contributed by atoms with Crippen molar-refractivity contribution in [2.75, 3.05) is 0 Å². The maximum atomic E-state index is 12.1. The molecule has 13 heavy (non-hydrogen) atoms. The quantitative estimate of drug-likeness (QED) is 0.751. The van der Waals surface area contributed by atoms with Crippen LogP contribution in [0.25, 0.3) is 10.8 Å². The molecular weight excluding hydrogens is 200 g/mol. The molecule has 68 valence electrons. The van der Waals surface area contributed by atoms with Crippen LogP contribution in [0.15, 0.2) is 16.1 Å². The van der Waals surface area contributed by atoms with E-state index in [0.717, 1.165) is 11.3 Å². The van der Waals surface area contributed by atoms with Crippen molar-refractivity contribution in [2.45, 2.75) is 6.43 Å². The number of nitrogens with zero attached hydrogens (tertiary/aromatic N) is 3. The predicted molar refractivity (Wildman–Crippen MR) is 40.4 cm³/mol. The van der Waals surface area contributed by atoms with Crippen molar-refractivity contribution in [1.82, 2.24) is 15.2 Å². The zero-order valence-electron chi connectivity index (χ0n) is 7.07. The Kier molecular flexibility index (Phi) is 1.73. The van der Waals surface area contributed by atoms with Gasteiger partial charge in [0.2, 0.25) is 0 Å². The molecule has 2 aromatic rings. The van der Waals surface area contributed by atoms with E-state index in [1.54, 1.807) is 0 Å². The molecule has 0 radical (unpaired) electrons. The molecule has 7 heteroatoms. The fraction of sp³-hybridized carbons (Fsp3) is 0.167. The molecule has 0 aliphatic carbocycles. The van der Waals surface area contributed by atoms with Crippen molar-refractivity contribution in [3.8, 4) is 10.8 Å². The summed E-state index contributed by atoms with van der Waals surface area (Å²) in [4.78, 5) is 4.03. The minimum Gasteiger partial charge on any atom is -0.414 e. The minimum absolute atomic E-state index is 0.0312. The van der Waals surface area contributed by atoms with E-state index >= 15 is 0 Å². The van der Waals surface area contributed by atoms with Gasteiger partial charge in [-0.1, -0.05) is 0 Å². The van der Waals surface area contributed by atoms with Crippen molar-refractivity contribution in [3.05, 3.63) is 17.6 Å². The second-order valence-corrected chi connectivity index (χ2v) is 2.89. The highest BCUT2D eigenvalue weighted by molar-refractivity contribution is 7.13. The second kappa shape index (κ2) is 3.17. The Hall–Kier alpha value is -1.37. The summed E-state index contributed by atoms with van der Waals surface area (Å²) in [5.74, 6) is -0.753. The molecule has 0 aliphatic heterocycles. The first-order chi connectivity index (χ1) is 6.66. The molecule has 0 fully saturated rings. The zero-order chi connectivity index (χ0) is 10.1. The topological polar surface area (TPSA) is 51.8 Å². The number of alkyl halides is 2. The van der Waals surface area contributed by atoms with Crippen LogP contribution in [0.5, 0.6) is 0 Å². The molecule has 4 nitrogen and oxygen atoms in total. The van der Waals surface area contributed by atoms with E-state index in [2.05, 4.69) is 19.6 Å². The van der Waals surface area contributed by atoms with E-state index in [-0.39, 0.29) is 11.4 Å². The van der Waals surface area contributed by atoms with Gasteiger partial charge in [-0.2, -0.15) is 8.78 Å². The Morgan fingerprint density at radius 1 is 1.54 bits per heavy atom. The van der Waals surface area contributed by atoms with E-state index in [1.165, 1.54) is 6.20 Å². The molecule has 2 heterocycles. The van der Waals surface area contributed by atoms with E-state index in [9.17, 15) is 8.78 Å². The smallest absolute Gasteiger partial charge is 0.314 e. The van der Waals surface area contributed by atoms with Crippen LogP contribution in [0.3, 0.4) is 0 Å². The van der Waals surface area contributed by atoms with Gasteiger partial charge < -0.3 is 4.42 Å². The highest BCUT2D eigenvalue weighted by Crippen LogP contribution is 2.25. The van der Waals surface area contributed by atoms with Crippen molar-refractivity contribution < 1.29 is 14.6 Å². The third-order valence-corrected chi connectivity index (χ3v) is 1.92. The summed E-state index contributed by atoms with van der Waals surface area (Å²) in [6.45, 7) is 0. The maximum absolute atomic E-state index is 12.1. The number of thiazole rings is 1. The van der Waals surface area contributed by atoms with E-state index < -0.39 is 12.3 Å². The molecule has 0 aromatic carbocycles. The highest BCUT2D eigenvalue weighted by Gasteiger charge is 2.17. The molecule has 2 rings (SSSR count). The normalized spacial score (nSPS) is 12.1. The first-order valence-electron chi connectivity index (χ1n) is 3.71. The summed E-state index contributed by atoms with van der Waals surface area (Å²) in [5.41, 5.74) is 0.0665. The monoisotopic (exact) mass is 204 g/mol. The molecule has 2 aromatic heterocycles. The second-order valence-electron chi connectivity index (χ2n) is 2.06. The average molecular weight is 204 g/mol. The Bertz CT molecular complexity index is 444. The molecule has 0 N–H and O–H groups in total. The average Bonchev–Trinajstić information content (AvgIpc) is 2.70. The van der Waals surface area contributed by atoms with Gasteiger partial charge in [0.25, 0.3) is 11.8 Å². The first-order valence-corrected chi connectivity index (χ1v) is 4.03. The van der Waals surface area contributed by atoms with Crippen molar-refractivity contribution in [3.63, 3.8) is 0 Å². The first kappa shape index (κ1) is 7.07. The van der Waals surface area contributed by atoms with E-state index in [4.69, 9.17) is 1.37 Å². The van der Waals surface area contributed by atoms with Gasteiger partial charge >= 0.3 is 6.43 Å². The van der Waals surface area contributed by atoms with Gasteiger partial charge in [-0.05, 0) is 0 Å².